The lowest BCUT2D eigenvalue weighted by Gasteiger charge is -2.13. The van der Waals surface area contributed by atoms with E-state index >= 15 is 0 Å². The minimum Gasteiger partial charge on any atom is -0.350 e. The van der Waals surface area contributed by atoms with Crippen LogP contribution in [0.15, 0.2) is 71.8 Å². The third kappa shape index (κ3) is 4.55. The van der Waals surface area contributed by atoms with Crippen molar-refractivity contribution in [2.24, 2.45) is 5.92 Å². The first-order valence-electron chi connectivity index (χ1n) is 10.4. The van der Waals surface area contributed by atoms with Crippen LogP contribution >= 0.6 is 0 Å². The maximum absolute atomic E-state index is 12.9. The first kappa shape index (κ1) is 20.5. The molecule has 0 unspecified atom stereocenters. The quantitative estimate of drug-likeness (QED) is 0.503. The zero-order valence-corrected chi connectivity index (χ0v) is 17.7. The van der Waals surface area contributed by atoms with Crippen LogP contribution in [0.1, 0.15) is 29.9 Å². The van der Waals surface area contributed by atoms with E-state index in [0.717, 1.165) is 11.3 Å². The average molecular weight is 415 g/mol. The number of hydrogen-bond donors (Lipinski definition) is 1. The van der Waals surface area contributed by atoms with Crippen LogP contribution in [0.4, 0.5) is 0 Å². The molecule has 1 amide bonds. The summed E-state index contributed by atoms with van der Waals surface area (Å²) in [5.74, 6) is -0.0335. The molecule has 2 aromatic carbocycles. The van der Waals surface area contributed by atoms with Gasteiger partial charge in [0.2, 0.25) is 0 Å². The van der Waals surface area contributed by atoms with Crippen molar-refractivity contribution in [1.29, 1.82) is 0 Å². The molecule has 0 atom stereocenters. The minimum absolute atomic E-state index is 0.168. The number of nitrogens with one attached hydrogen (secondary N) is 1. The standard InChI is InChI=1S/C24H25N5O2/c1-17(2)16-29-24(31)21-7-4-3-6-20(21)22(27-29)23(30)25-14-12-18-8-10-19(11-9-18)28-15-5-13-26-28/h3-11,13,15,17H,12,14,16H2,1-2H3,(H,25,30). The number of rotatable bonds is 7. The molecule has 0 spiro atoms. The SMILES string of the molecule is CC(C)Cn1nc(C(=O)NCCc2ccc(-n3cccn3)cc2)c2ccccc2c1=O. The molecule has 0 radical (unpaired) electrons. The number of nitrogens with zero attached hydrogens (tertiary/aromatic N) is 4. The van der Waals surface area contributed by atoms with Crippen LogP contribution in [-0.2, 0) is 13.0 Å². The second-order valence-corrected chi connectivity index (χ2v) is 7.90. The molecule has 0 saturated heterocycles. The third-order valence-electron chi connectivity index (χ3n) is 5.03. The van der Waals surface area contributed by atoms with E-state index in [2.05, 4.69) is 15.5 Å². The van der Waals surface area contributed by atoms with Gasteiger partial charge in [-0.05, 0) is 42.2 Å². The Bertz CT molecular complexity index is 1240. The number of amides is 1. The number of carbonyl (C=O) groups is 1. The van der Waals surface area contributed by atoms with E-state index in [9.17, 15) is 9.59 Å². The van der Waals surface area contributed by atoms with Gasteiger partial charge in [0.05, 0.1) is 11.1 Å². The molecule has 0 bridgehead atoms. The van der Waals surface area contributed by atoms with Gasteiger partial charge in [0.1, 0.15) is 0 Å². The Hall–Kier alpha value is -3.74. The maximum Gasteiger partial charge on any atom is 0.274 e. The van der Waals surface area contributed by atoms with Crippen LogP contribution in [0.25, 0.3) is 16.5 Å². The van der Waals surface area contributed by atoms with Crippen LogP contribution in [0.2, 0.25) is 0 Å². The smallest absolute Gasteiger partial charge is 0.274 e. The highest BCUT2D eigenvalue weighted by Gasteiger charge is 2.16. The van der Waals surface area contributed by atoms with Gasteiger partial charge in [-0.2, -0.15) is 10.2 Å². The summed E-state index contributed by atoms with van der Waals surface area (Å²) in [7, 11) is 0. The normalized spacial score (nSPS) is 11.2. The Labute approximate surface area is 180 Å². The molecule has 0 aliphatic rings. The van der Waals surface area contributed by atoms with Crippen molar-refractivity contribution in [3.63, 3.8) is 0 Å². The number of hydrogen-bond acceptors (Lipinski definition) is 4. The highest BCUT2D eigenvalue weighted by atomic mass is 16.2. The second kappa shape index (κ2) is 8.95. The van der Waals surface area contributed by atoms with Crippen LogP contribution in [0.5, 0.6) is 0 Å². The summed E-state index contributed by atoms with van der Waals surface area (Å²) in [6.45, 7) is 4.97. The first-order chi connectivity index (χ1) is 15.0. The predicted molar refractivity (Wildman–Crippen MR) is 120 cm³/mol. The lowest BCUT2D eigenvalue weighted by molar-refractivity contribution is 0.0948. The molecule has 4 rings (SSSR count). The van der Waals surface area contributed by atoms with Crippen LogP contribution in [0.3, 0.4) is 0 Å². The van der Waals surface area contributed by atoms with E-state index < -0.39 is 0 Å². The molecule has 7 nitrogen and oxygen atoms in total. The molecule has 0 saturated carbocycles. The van der Waals surface area contributed by atoms with E-state index in [1.165, 1.54) is 4.68 Å². The molecule has 0 fully saturated rings. The Morgan fingerprint density at radius 3 is 2.45 bits per heavy atom. The van der Waals surface area contributed by atoms with Crippen molar-refractivity contribution in [3.8, 4) is 5.69 Å². The topological polar surface area (TPSA) is 81.8 Å². The van der Waals surface area contributed by atoms with E-state index in [0.29, 0.717) is 30.3 Å². The highest BCUT2D eigenvalue weighted by Crippen LogP contribution is 2.14. The molecule has 0 aliphatic carbocycles. The van der Waals surface area contributed by atoms with Crippen molar-refractivity contribution in [2.45, 2.75) is 26.8 Å². The highest BCUT2D eigenvalue weighted by molar-refractivity contribution is 6.04. The number of carbonyl (C=O) groups excluding carboxylic acids is 1. The van der Waals surface area contributed by atoms with Crippen molar-refractivity contribution in [2.75, 3.05) is 6.54 Å². The summed E-state index contributed by atoms with van der Waals surface area (Å²) in [5.41, 5.74) is 2.21. The summed E-state index contributed by atoms with van der Waals surface area (Å²) in [5, 5.41) is 12.6. The molecule has 31 heavy (non-hydrogen) atoms. The Morgan fingerprint density at radius 1 is 1.03 bits per heavy atom. The second-order valence-electron chi connectivity index (χ2n) is 7.90. The van der Waals surface area contributed by atoms with Gasteiger partial charge < -0.3 is 5.32 Å². The van der Waals surface area contributed by atoms with Crippen molar-refractivity contribution in [3.05, 3.63) is 88.6 Å². The van der Waals surface area contributed by atoms with Gasteiger partial charge in [-0.25, -0.2) is 9.36 Å². The van der Waals surface area contributed by atoms with Crippen molar-refractivity contribution >= 4 is 16.7 Å². The fourth-order valence-corrected chi connectivity index (χ4v) is 3.51. The van der Waals surface area contributed by atoms with Crippen LogP contribution < -0.4 is 10.9 Å². The molecule has 0 aliphatic heterocycles. The lowest BCUT2D eigenvalue weighted by Crippen LogP contribution is -2.32. The molecule has 1 N–H and O–H groups in total. The summed E-state index contributed by atoms with van der Waals surface area (Å²) in [6.07, 6.45) is 4.32. The summed E-state index contributed by atoms with van der Waals surface area (Å²) in [4.78, 5) is 25.6. The molecule has 2 heterocycles. The molecule has 158 valence electrons. The van der Waals surface area contributed by atoms with E-state index in [1.54, 1.807) is 29.1 Å². The monoisotopic (exact) mass is 415 g/mol. The number of benzene rings is 2. The average Bonchev–Trinajstić information content (AvgIpc) is 3.31. The van der Waals surface area contributed by atoms with Crippen LogP contribution in [0, 0.1) is 5.92 Å². The van der Waals surface area contributed by atoms with Crippen LogP contribution in [-0.4, -0.2) is 32.0 Å². The van der Waals surface area contributed by atoms with Gasteiger partial charge in [-0.1, -0.05) is 44.2 Å². The van der Waals surface area contributed by atoms with Crippen molar-refractivity contribution < 1.29 is 4.79 Å². The summed E-state index contributed by atoms with van der Waals surface area (Å²) in [6, 6.07) is 17.1. The number of aromatic nitrogens is 4. The predicted octanol–water partition coefficient (Wildman–Crippen LogP) is 3.21. The molecular formula is C24H25N5O2. The zero-order chi connectivity index (χ0) is 21.8. The largest absolute Gasteiger partial charge is 0.350 e. The molecule has 2 aromatic heterocycles. The first-order valence-corrected chi connectivity index (χ1v) is 10.4. The molecule has 4 aromatic rings. The lowest BCUT2D eigenvalue weighted by atomic mass is 10.1. The minimum atomic E-state index is -0.276. The van der Waals surface area contributed by atoms with Gasteiger partial charge in [-0.15, -0.1) is 0 Å². The molecular weight excluding hydrogens is 390 g/mol. The van der Waals surface area contributed by atoms with E-state index in [-0.39, 0.29) is 23.1 Å². The van der Waals surface area contributed by atoms with Crippen molar-refractivity contribution in [1.82, 2.24) is 24.9 Å². The number of fused-ring (bicyclic) bond motifs is 1. The summed E-state index contributed by atoms with van der Waals surface area (Å²) < 4.78 is 3.20. The van der Waals surface area contributed by atoms with E-state index in [1.807, 2.05) is 56.4 Å². The third-order valence-corrected chi connectivity index (χ3v) is 5.03. The van der Waals surface area contributed by atoms with E-state index in [4.69, 9.17) is 0 Å². The maximum atomic E-state index is 12.9. The summed E-state index contributed by atoms with van der Waals surface area (Å²) >= 11 is 0. The van der Waals surface area contributed by atoms with Gasteiger partial charge in [0.15, 0.2) is 5.69 Å². The van der Waals surface area contributed by atoms with Gasteiger partial charge in [0.25, 0.3) is 11.5 Å². The Balaban J connectivity index is 1.48. The Kier molecular flexibility index (Phi) is 5.93. The van der Waals surface area contributed by atoms with Gasteiger partial charge >= 0.3 is 0 Å². The fraction of sp³-hybridized carbons (Fsp3) is 0.250. The molecule has 7 heteroatoms. The van der Waals surface area contributed by atoms with Gasteiger partial charge in [-0.3, -0.25) is 9.59 Å². The Morgan fingerprint density at radius 2 is 1.77 bits per heavy atom. The van der Waals surface area contributed by atoms with Gasteiger partial charge in [0, 0.05) is 30.9 Å². The zero-order valence-electron chi connectivity index (χ0n) is 17.7. The fourth-order valence-electron chi connectivity index (χ4n) is 3.51.